The summed E-state index contributed by atoms with van der Waals surface area (Å²) in [7, 11) is -0.341. The van der Waals surface area contributed by atoms with Crippen LogP contribution in [0, 0.1) is 0 Å². The Hall–Kier alpha value is -0.615. The fourth-order valence-corrected chi connectivity index (χ4v) is 2.03. The van der Waals surface area contributed by atoms with E-state index in [9.17, 15) is 0 Å². The normalized spacial score (nSPS) is 19.7. The lowest BCUT2D eigenvalue weighted by molar-refractivity contribution is 0.00578. The average molecular weight is 313 g/mol. The van der Waals surface area contributed by atoms with E-state index >= 15 is 0 Å². The Bertz CT molecular complexity index is 464. The quantitative estimate of drug-likeness (QED) is 0.867. The molecular formula is C15H26BClN2O2. The van der Waals surface area contributed by atoms with E-state index in [0.717, 1.165) is 17.6 Å². The van der Waals surface area contributed by atoms with Crippen LogP contribution in [0.15, 0.2) is 18.5 Å². The average Bonchev–Trinajstić information content (AvgIpc) is 2.56. The molecule has 0 saturated carbocycles. The van der Waals surface area contributed by atoms with Crippen LogP contribution in [0.25, 0.3) is 0 Å². The van der Waals surface area contributed by atoms with Crippen molar-refractivity contribution in [1.29, 1.82) is 0 Å². The number of hydrogen-bond donors (Lipinski definition) is 1. The van der Waals surface area contributed by atoms with Gasteiger partial charge in [0.2, 0.25) is 0 Å². The molecule has 6 heteroatoms. The third kappa shape index (κ3) is 4.19. The van der Waals surface area contributed by atoms with Crippen molar-refractivity contribution < 1.29 is 9.31 Å². The minimum absolute atomic E-state index is 0. The molecule has 1 aliphatic heterocycles. The number of pyridine rings is 1. The molecule has 21 heavy (non-hydrogen) atoms. The molecule has 0 amide bonds. The van der Waals surface area contributed by atoms with Gasteiger partial charge < -0.3 is 14.6 Å². The monoisotopic (exact) mass is 312 g/mol. The molecule has 4 nitrogen and oxygen atoms in total. The molecular weight excluding hydrogens is 286 g/mol. The van der Waals surface area contributed by atoms with Gasteiger partial charge in [0.05, 0.1) is 11.2 Å². The molecule has 118 valence electrons. The molecule has 1 aromatic rings. The first kappa shape index (κ1) is 18.4. The molecule has 0 atom stereocenters. The lowest BCUT2D eigenvalue weighted by atomic mass is 9.80. The summed E-state index contributed by atoms with van der Waals surface area (Å²) < 4.78 is 12.1. The third-order valence-electron chi connectivity index (χ3n) is 4.06. The van der Waals surface area contributed by atoms with Gasteiger partial charge in [-0.1, -0.05) is 19.9 Å². The van der Waals surface area contributed by atoms with Crippen LogP contribution in [0.1, 0.15) is 47.1 Å². The van der Waals surface area contributed by atoms with Crippen LogP contribution in [0.3, 0.4) is 0 Å². The highest BCUT2D eigenvalue weighted by molar-refractivity contribution is 6.62. The molecule has 0 spiro atoms. The summed E-state index contributed by atoms with van der Waals surface area (Å²) in [5.74, 6) is 0. The number of nitrogens with one attached hydrogen (secondary N) is 1. The molecule has 0 unspecified atom stereocenters. The van der Waals surface area contributed by atoms with Crippen molar-refractivity contribution in [2.75, 3.05) is 0 Å². The van der Waals surface area contributed by atoms with Crippen molar-refractivity contribution >= 4 is 25.0 Å². The van der Waals surface area contributed by atoms with Crippen molar-refractivity contribution in [3.63, 3.8) is 0 Å². The Balaban J connectivity index is 0.00000220. The van der Waals surface area contributed by atoms with Gasteiger partial charge in [0.15, 0.2) is 0 Å². The maximum atomic E-state index is 6.05. The summed E-state index contributed by atoms with van der Waals surface area (Å²) in [4.78, 5) is 4.30. The van der Waals surface area contributed by atoms with Crippen LogP contribution in [0.2, 0.25) is 0 Å². The van der Waals surface area contributed by atoms with Crippen LogP contribution in [0.4, 0.5) is 0 Å². The molecule has 0 bridgehead atoms. The van der Waals surface area contributed by atoms with Gasteiger partial charge in [-0.25, -0.2) is 0 Å². The molecule has 1 aromatic heterocycles. The van der Waals surface area contributed by atoms with Crippen molar-refractivity contribution in [2.45, 2.75) is 65.3 Å². The van der Waals surface area contributed by atoms with E-state index in [1.54, 1.807) is 0 Å². The Morgan fingerprint density at radius 2 is 1.71 bits per heavy atom. The molecule has 1 N–H and O–H groups in total. The second kappa shape index (κ2) is 6.65. The van der Waals surface area contributed by atoms with Crippen LogP contribution >= 0.6 is 12.4 Å². The van der Waals surface area contributed by atoms with Gasteiger partial charge in [-0.15, -0.1) is 12.4 Å². The first-order valence-corrected chi connectivity index (χ1v) is 7.24. The minimum atomic E-state index is -0.341. The van der Waals surface area contributed by atoms with E-state index in [-0.39, 0.29) is 30.7 Å². The number of rotatable bonds is 4. The van der Waals surface area contributed by atoms with Gasteiger partial charge in [-0.2, -0.15) is 0 Å². The van der Waals surface area contributed by atoms with Crippen molar-refractivity contribution in [3.05, 3.63) is 24.0 Å². The second-order valence-corrected chi connectivity index (χ2v) is 6.75. The standard InChI is InChI=1S/C15H25BN2O2.ClH/c1-11(2)18-9-12-7-13(10-17-8-12)16-19-14(3,4)15(5,6)20-16;/h7-8,10-11,18H,9H2,1-6H3;1H. The van der Waals surface area contributed by atoms with Gasteiger partial charge in [-0.3, -0.25) is 4.98 Å². The Labute approximate surface area is 134 Å². The predicted octanol–water partition coefficient (Wildman–Crippen LogP) is 2.30. The highest BCUT2D eigenvalue weighted by Gasteiger charge is 2.51. The highest BCUT2D eigenvalue weighted by Crippen LogP contribution is 2.36. The zero-order valence-corrected chi connectivity index (χ0v) is 14.6. The molecule has 1 fully saturated rings. The molecule has 0 radical (unpaired) electrons. The molecule has 1 saturated heterocycles. The van der Waals surface area contributed by atoms with Gasteiger partial charge in [0.25, 0.3) is 0 Å². The molecule has 2 rings (SSSR count). The Morgan fingerprint density at radius 1 is 1.14 bits per heavy atom. The zero-order valence-electron chi connectivity index (χ0n) is 13.8. The summed E-state index contributed by atoms with van der Waals surface area (Å²) in [5, 5.41) is 3.39. The summed E-state index contributed by atoms with van der Waals surface area (Å²) in [6, 6.07) is 2.56. The van der Waals surface area contributed by atoms with Crippen LogP contribution in [0.5, 0.6) is 0 Å². The molecule has 1 aliphatic rings. The second-order valence-electron chi connectivity index (χ2n) is 6.75. The molecule has 2 heterocycles. The van der Waals surface area contributed by atoms with E-state index in [2.05, 4.69) is 57.9 Å². The molecule has 0 aliphatic carbocycles. The largest absolute Gasteiger partial charge is 0.496 e. The lowest BCUT2D eigenvalue weighted by Gasteiger charge is -2.32. The maximum Gasteiger partial charge on any atom is 0.496 e. The first-order valence-electron chi connectivity index (χ1n) is 7.24. The first-order chi connectivity index (χ1) is 9.21. The minimum Gasteiger partial charge on any atom is -0.399 e. The van der Waals surface area contributed by atoms with Gasteiger partial charge in [-0.05, 0) is 33.3 Å². The number of halogens is 1. The number of hydrogen-bond acceptors (Lipinski definition) is 4. The lowest BCUT2D eigenvalue weighted by Crippen LogP contribution is -2.41. The van der Waals surface area contributed by atoms with Gasteiger partial charge in [0.1, 0.15) is 0 Å². The van der Waals surface area contributed by atoms with Crippen LogP contribution < -0.4 is 10.8 Å². The topological polar surface area (TPSA) is 43.4 Å². The smallest absolute Gasteiger partial charge is 0.399 e. The van der Waals surface area contributed by atoms with E-state index in [4.69, 9.17) is 9.31 Å². The van der Waals surface area contributed by atoms with E-state index in [1.807, 2.05) is 12.4 Å². The summed E-state index contributed by atoms with van der Waals surface area (Å²) >= 11 is 0. The van der Waals surface area contributed by atoms with Crippen molar-refractivity contribution in [3.8, 4) is 0 Å². The Morgan fingerprint density at radius 3 is 2.24 bits per heavy atom. The molecule has 0 aromatic carbocycles. The third-order valence-corrected chi connectivity index (χ3v) is 4.06. The number of nitrogens with zero attached hydrogens (tertiary/aromatic N) is 1. The van der Waals surface area contributed by atoms with E-state index < -0.39 is 0 Å². The highest BCUT2D eigenvalue weighted by atomic mass is 35.5. The fourth-order valence-electron chi connectivity index (χ4n) is 2.03. The van der Waals surface area contributed by atoms with E-state index in [1.165, 1.54) is 0 Å². The number of aromatic nitrogens is 1. The fraction of sp³-hybridized carbons (Fsp3) is 0.667. The van der Waals surface area contributed by atoms with Crippen molar-refractivity contribution in [2.24, 2.45) is 0 Å². The summed E-state index contributed by atoms with van der Waals surface area (Å²) in [6.45, 7) is 13.3. The summed E-state index contributed by atoms with van der Waals surface area (Å²) in [6.07, 6.45) is 3.70. The van der Waals surface area contributed by atoms with Crippen LogP contribution in [-0.2, 0) is 15.9 Å². The van der Waals surface area contributed by atoms with Gasteiger partial charge >= 0.3 is 7.12 Å². The summed E-state index contributed by atoms with van der Waals surface area (Å²) in [5.41, 5.74) is 1.49. The maximum absolute atomic E-state index is 6.05. The zero-order chi connectivity index (χ0) is 15.0. The van der Waals surface area contributed by atoms with E-state index in [0.29, 0.717) is 6.04 Å². The van der Waals surface area contributed by atoms with Crippen molar-refractivity contribution in [1.82, 2.24) is 10.3 Å². The predicted molar refractivity (Wildman–Crippen MR) is 89.2 cm³/mol. The van der Waals surface area contributed by atoms with Gasteiger partial charge in [0, 0.05) is 30.4 Å². The Kier molecular flexibility index (Phi) is 5.84. The SMILES string of the molecule is CC(C)NCc1cncc(B2OC(C)(C)C(C)(C)O2)c1.Cl. The van der Waals surface area contributed by atoms with Crippen LogP contribution in [-0.4, -0.2) is 29.3 Å².